The normalized spacial score (nSPS) is 10.8. The number of nitrogens with one attached hydrogen (secondary N) is 3. The van der Waals surface area contributed by atoms with Crippen LogP contribution in [-0.2, 0) is 13.6 Å². The van der Waals surface area contributed by atoms with Crippen molar-refractivity contribution < 1.29 is 0 Å². The minimum Gasteiger partial charge on any atom is -0.362 e. The van der Waals surface area contributed by atoms with E-state index in [4.69, 9.17) is 0 Å². The number of hydrogen-bond acceptors (Lipinski definition) is 7. The number of H-pyrrole nitrogens is 1. The van der Waals surface area contributed by atoms with Crippen molar-refractivity contribution in [2.24, 2.45) is 7.05 Å². The predicted molar refractivity (Wildman–Crippen MR) is 69.6 cm³/mol. The van der Waals surface area contributed by atoms with Crippen molar-refractivity contribution >= 4 is 22.8 Å². The summed E-state index contributed by atoms with van der Waals surface area (Å²) in [5.74, 6) is 2.05. The summed E-state index contributed by atoms with van der Waals surface area (Å²) < 4.78 is 1.85. The Kier molecular flexibility index (Phi) is 2.71. The molecular formula is C10H13N9. The second-order valence-electron chi connectivity index (χ2n) is 3.99. The van der Waals surface area contributed by atoms with Crippen LogP contribution in [-0.4, -0.2) is 42.0 Å². The van der Waals surface area contributed by atoms with Crippen LogP contribution in [0.1, 0.15) is 5.82 Å². The smallest absolute Gasteiger partial charge is 0.226 e. The van der Waals surface area contributed by atoms with E-state index in [2.05, 4.69) is 41.0 Å². The van der Waals surface area contributed by atoms with Gasteiger partial charge in [-0.1, -0.05) is 0 Å². The van der Waals surface area contributed by atoms with Gasteiger partial charge in [0.05, 0.1) is 18.1 Å². The van der Waals surface area contributed by atoms with Crippen LogP contribution in [0.3, 0.4) is 0 Å². The molecule has 0 saturated carbocycles. The van der Waals surface area contributed by atoms with Gasteiger partial charge < -0.3 is 15.2 Å². The number of aromatic nitrogens is 7. The fourth-order valence-electron chi connectivity index (χ4n) is 1.71. The quantitative estimate of drug-likeness (QED) is 0.611. The standard InChI is InChI=1S/C10H13N9/c1-11-10-15-8(6-3-13-18-9(6)16-10)12-4-7-17-14-5-19(7)2/h3,5H,4H2,1-2H3,(H3,11,12,13,15,16,18). The summed E-state index contributed by atoms with van der Waals surface area (Å²) in [6.07, 6.45) is 3.34. The van der Waals surface area contributed by atoms with Crippen molar-refractivity contribution in [3.05, 3.63) is 18.3 Å². The zero-order valence-electron chi connectivity index (χ0n) is 10.5. The van der Waals surface area contributed by atoms with Gasteiger partial charge in [-0.2, -0.15) is 15.1 Å². The molecule has 0 unspecified atom stereocenters. The average Bonchev–Trinajstić information content (AvgIpc) is 3.04. The molecule has 3 heterocycles. The Morgan fingerprint density at radius 2 is 2.26 bits per heavy atom. The van der Waals surface area contributed by atoms with E-state index in [9.17, 15) is 0 Å². The molecule has 0 atom stereocenters. The maximum Gasteiger partial charge on any atom is 0.226 e. The van der Waals surface area contributed by atoms with E-state index in [1.54, 1.807) is 19.6 Å². The van der Waals surface area contributed by atoms with Gasteiger partial charge >= 0.3 is 0 Å². The number of hydrogen-bond donors (Lipinski definition) is 3. The van der Waals surface area contributed by atoms with Gasteiger partial charge in [0.2, 0.25) is 5.95 Å². The zero-order valence-corrected chi connectivity index (χ0v) is 10.5. The Labute approximate surface area is 108 Å². The molecule has 19 heavy (non-hydrogen) atoms. The first kappa shape index (κ1) is 11.4. The molecule has 0 bridgehead atoms. The van der Waals surface area contributed by atoms with Crippen LogP contribution in [0.4, 0.5) is 11.8 Å². The van der Waals surface area contributed by atoms with Crippen molar-refractivity contribution in [1.82, 2.24) is 34.9 Å². The lowest BCUT2D eigenvalue weighted by atomic mass is 10.4. The molecule has 0 amide bonds. The van der Waals surface area contributed by atoms with E-state index in [-0.39, 0.29) is 0 Å². The molecule has 0 radical (unpaired) electrons. The third kappa shape index (κ3) is 2.05. The molecule has 3 rings (SSSR count). The summed E-state index contributed by atoms with van der Waals surface area (Å²) in [7, 11) is 3.66. The fourth-order valence-corrected chi connectivity index (χ4v) is 1.71. The van der Waals surface area contributed by atoms with E-state index in [0.29, 0.717) is 24.0 Å². The number of rotatable bonds is 4. The molecule has 0 fully saturated rings. The topological polar surface area (TPSA) is 109 Å². The van der Waals surface area contributed by atoms with Gasteiger partial charge in [-0.05, 0) is 0 Å². The summed E-state index contributed by atoms with van der Waals surface area (Å²) in [5.41, 5.74) is 0.680. The Morgan fingerprint density at radius 3 is 3.00 bits per heavy atom. The lowest BCUT2D eigenvalue weighted by molar-refractivity contribution is 0.810. The van der Waals surface area contributed by atoms with E-state index in [1.807, 2.05) is 11.6 Å². The fraction of sp³-hybridized carbons (Fsp3) is 0.300. The SMILES string of the molecule is CNc1nc(NCc2nncn2C)c2cn[nH]c2n1. The number of aryl methyl sites for hydroxylation is 1. The van der Waals surface area contributed by atoms with Gasteiger partial charge in [0.1, 0.15) is 12.1 Å². The molecule has 9 nitrogen and oxygen atoms in total. The second kappa shape index (κ2) is 4.52. The monoisotopic (exact) mass is 259 g/mol. The Balaban J connectivity index is 1.91. The first-order valence-corrected chi connectivity index (χ1v) is 5.73. The molecule has 3 N–H and O–H groups in total. The molecule has 0 aliphatic heterocycles. The minimum atomic E-state index is 0.525. The summed E-state index contributed by atoms with van der Waals surface area (Å²) in [4.78, 5) is 8.63. The van der Waals surface area contributed by atoms with Crippen molar-refractivity contribution in [3.63, 3.8) is 0 Å². The lowest BCUT2D eigenvalue weighted by Crippen LogP contribution is -2.08. The third-order valence-electron chi connectivity index (χ3n) is 2.75. The van der Waals surface area contributed by atoms with Crippen LogP contribution in [0, 0.1) is 0 Å². The summed E-state index contributed by atoms with van der Waals surface area (Å²) in [6.45, 7) is 0.525. The van der Waals surface area contributed by atoms with Gasteiger partial charge in [-0.15, -0.1) is 10.2 Å². The Morgan fingerprint density at radius 1 is 1.37 bits per heavy atom. The van der Waals surface area contributed by atoms with Crippen molar-refractivity contribution in [2.45, 2.75) is 6.54 Å². The molecule has 0 aliphatic rings. The molecule has 98 valence electrons. The van der Waals surface area contributed by atoms with Gasteiger partial charge in [-0.3, -0.25) is 5.10 Å². The predicted octanol–water partition coefficient (Wildman–Crippen LogP) is 0.135. The summed E-state index contributed by atoms with van der Waals surface area (Å²) in [6, 6.07) is 0. The molecule has 3 aromatic heterocycles. The van der Waals surface area contributed by atoms with E-state index in [0.717, 1.165) is 11.2 Å². The number of fused-ring (bicyclic) bond motifs is 1. The van der Waals surface area contributed by atoms with Gasteiger partial charge in [0, 0.05) is 14.1 Å². The molecule has 0 spiro atoms. The molecule has 0 aliphatic carbocycles. The number of aromatic amines is 1. The maximum atomic E-state index is 4.37. The summed E-state index contributed by atoms with van der Waals surface area (Å²) in [5, 5.41) is 21.6. The molecule has 3 aromatic rings. The lowest BCUT2D eigenvalue weighted by Gasteiger charge is -2.07. The molecule has 9 heteroatoms. The van der Waals surface area contributed by atoms with Crippen molar-refractivity contribution in [1.29, 1.82) is 0 Å². The Bertz CT molecular complexity index is 698. The average molecular weight is 259 g/mol. The summed E-state index contributed by atoms with van der Waals surface area (Å²) >= 11 is 0. The highest BCUT2D eigenvalue weighted by Crippen LogP contribution is 2.19. The van der Waals surface area contributed by atoms with Crippen LogP contribution < -0.4 is 10.6 Å². The van der Waals surface area contributed by atoms with Crippen LogP contribution in [0.15, 0.2) is 12.5 Å². The highest BCUT2D eigenvalue weighted by atomic mass is 15.3. The minimum absolute atomic E-state index is 0.525. The maximum absolute atomic E-state index is 4.37. The van der Waals surface area contributed by atoms with Gasteiger partial charge in [0.15, 0.2) is 11.5 Å². The third-order valence-corrected chi connectivity index (χ3v) is 2.75. The zero-order chi connectivity index (χ0) is 13.2. The van der Waals surface area contributed by atoms with Gasteiger partial charge in [-0.25, -0.2) is 0 Å². The van der Waals surface area contributed by atoms with Crippen molar-refractivity contribution in [2.75, 3.05) is 17.7 Å². The molecule has 0 aromatic carbocycles. The number of anilines is 2. The Hall–Kier alpha value is -2.71. The van der Waals surface area contributed by atoms with Crippen molar-refractivity contribution in [3.8, 4) is 0 Å². The van der Waals surface area contributed by atoms with E-state index >= 15 is 0 Å². The van der Waals surface area contributed by atoms with Crippen LogP contribution in [0.25, 0.3) is 11.0 Å². The van der Waals surface area contributed by atoms with E-state index < -0.39 is 0 Å². The number of nitrogens with zero attached hydrogens (tertiary/aromatic N) is 6. The first-order chi connectivity index (χ1) is 9.28. The highest BCUT2D eigenvalue weighted by molar-refractivity contribution is 5.86. The first-order valence-electron chi connectivity index (χ1n) is 5.73. The van der Waals surface area contributed by atoms with Crippen LogP contribution in [0.2, 0.25) is 0 Å². The second-order valence-corrected chi connectivity index (χ2v) is 3.99. The largest absolute Gasteiger partial charge is 0.362 e. The van der Waals surface area contributed by atoms with Crippen LogP contribution >= 0.6 is 0 Å². The van der Waals surface area contributed by atoms with Gasteiger partial charge in [0.25, 0.3) is 0 Å². The van der Waals surface area contributed by atoms with Crippen LogP contribution in [0.5, 0.6) is 0 Å². The van der Waals surface area contributed by atoms with E-state index in [1.165, 1.54) is 0 Å². The molecule has 0 saturated heterocycles. The highest BCUT2D eigenvalue weighted by Gasteiger charge is 2.09. The molecular weight excluding hydrogens is 246 g/mol.